The molecule has 1 aliphatic rings. The third-order valence-corrected chi connectivity index (χ3v) is 2.29. The van der Waals surface area contributed by atoms with E-state index in [-0.39, 0.29) is 11.9 Å². The summed E-state index contributed by atoms with van der Waals surface area (Å²) in [4.78, 5) is 11.1. The summed E-state index contributed by atoms with van der Waals surface area (Å²) in [6.45, 7) is 1.87. The van der Waals surface area contributed by atoms with Crippen LogP contribution in [-0.2, 0) is 9.53 Å². The van der Waals surface area contributed by atoms with Crippen LogP contribution in [0, 0.1) is 5.92 Å². The zero-order valence-electron chi connectivity index (χ0n) is 7.41. The second-order valence-electron chi connectivity index (χ2n) is 3.16. The van der Waals surface area contributed by atoms with Crippen LogP contribution in [0.4, 0.5) is 0 Å². The highest BCUT2D eigenvalue weighted by molar-refractivity contribution is 5.72. The summed E-state index contributed by atoms with van der Waals surface area (Å²) in [5, 5.41) is 9.42. The Hall–Kier alpha value is -0.830. The number of aliphatic hydroxyl groups is 1. The van der Waals surface area contributed by atoms with Crippen molar-refractivity contribution in [2.45, 2.75) is 25.9 Å². The number of carbonyl (C=O) groups is 1. The standard InChI is InChI=1S/C9H14O3/c1-6-3-4-7(5-8(6)10)9(11)12-2/h3,7-8,10H,4-5H2,1-2H3/t7-,8+/m0/s1. The van der Waals surface area contributed by atoms with Gasteiger partial charge in [-0.25, -0.2) is 0 Å². The average Bonchev–Trinajstić information content (AvgIpc) is 2.08. The number of hydrogen-bond donors (Lipinski definition) is 1. The van der Waals surface area contributed by atoms with Crippen LogP contribution >= 0.6 is 0 Å². The lowest BCUT2D eigenvalue weighted by Crippen LogP contribution is -2.25. The minimum Gasteiger partial charge on any atom is -0.469 e. The Morgan fingerprint density at radius 1 is 1.75 bits per heavy atom. The van der Waals surface area contributed by atoms with Crippen molar-refractivity contribution < 1.29 is 14.6 Å². The van der Waals surface area contributed by atoms with Gasteiger partial charge in [0, 0.05) is 0 Å². The molecule has 1 N–H and O–H groups in total. The van der Waals surface area contributed by atoms with Crippen LogP contribution < -0.4 is 0 Å². The van der Waals surface area contributed by atoms with Gasteiger partial charge < -0.3 is 9.84 Å². The van der Waals surface area contributed by atoms with Crippen LogP contribution in [0.2, 0.25) is 0 Å². The van der Waals surface area contributed by atoms with E-state index in [1.807, 2.05) is 13.0 Å². The zero-order valence-corrected chi connectivity index (χ0v) is 7.41. The minimum absolute atomic E-state index is 0.159. The maximum absolute atomic E-state index is 11.1. The van der Waals surface area contributed by atoms with Gasteiger partial charge >= 0.3 is 5.97 Å². The highest BCUT2D eigenvalue weighted by Gasteiger charge is 2.25. The monoisotopic (exact) mass is 170 g/mol. The Balaban J connectivity index is 2.59. The van der Waals surface area contributed by atoms with Crippen molar-refractivity contribution in [1.29, 1.82) is 0 Å². The maximum atomic E-state index is 11.1. The predicted octanol–water partition coefficient (Wildman–Crippen LogP) is 0.877. The summed E-state index contributed by atoms with van der Waals surface area (Å²) in [6, 6.07) is 0. The molecular weight excluding hydrogens is 156 g/mol. The molecule has 1 aliphatic carbocycles. The van der Waals surface area contributed by atoms with E-state index in [9.17, 15) is 9.90 Å². The maximum Gasteiger partial charge on any atom is 0.309 e. The molecule has 0 amide bonds. The van der Waals surface area contributed by atoms with Gasteiger partial charge in [-0.2, -0.15) is 0 Å². The SMILES string of the molecule is COC(=O)[C@H]1CC=C(C)[C@H](O)C1. The lowest BCUT2D eigenvalue weighted by atomic mass is 9.88. The molecule has 3 heteroatoms. The van der Waals surface area contributed by atoms with Crippen LogP contribution in [0.1, 0.15) is 19.8 Å². The first-order valence-corrected chi connectivity index (χ1v) is 4.07. The third kappa shape index (κ3) is 1.85. The molecule has 0 radical (unpaired) electrons. The van der Waals surface area contributed by atoms with E-state index in [1.165, 1.54) is 7.11 Å². The van der Waals surface area contributed by atoms with Gasteiger partial charge in [-0.15, -0.1) is 0 Å². The number of aliphatic hydroxyl groups excluding tert-OH is 1. The summed E-state index contributed by atoms with van der Waals surface area (Å²) < 4.78 is 4.59. The van der Waals surface area contributed by atoms with E-state index in [0.717, 1.165) is 5.57 Å². The molecule has 0 aliphatic heterocycles. The van der Waals surface area contributed by atoms with Gasteiger partial charge in [-0.1, -0.05) is 6.08 Å². The van der Waals surface area contributed by atoms with E-state index in [0.29, 0.717) is 12.8 Å². The lowest BCUT2D eigenvalue weighted by Gasteiger charge is -2.22. The first kappa shape index (κ1) is 9.26. The van der Waals surface area contributed by atoms with E-state index >= 15 is 0 Å². The first-order valence-electron chi connectivity index (χ1n) is 4.07. The molecule has 0 saturated carbocycles. The molecule has 0 aromatic rings. The second kappa shape index (κ2) is 3.72. The van der Waals surface area contributed by atoms with E-state index in [1.54, 1.807) is 0 Å². The van der Waals surface area contributed by atoms with Gasteiger partial charge in [0.15, 0.2) is 0 Å². The number of allylic oxidation sites excluding steroid dienone is 1. The number of hydrogen-bond acceptors (Lipinski definition) is 3. The van der Waals surface area contributed by atoms with Gasteiger partial charge in [-0.3, -0.25) is 4.79 Å². The van der Waals surface area contributed by atoms with E-state index in [4.69, 9.17) is 0 Å². The molecule has 0 bridgehead atoms. The quantitative estimate of drug-likeness (QED) is 0.469. The summed E-state index contributed by atoms with van der Waals surface area (Å²) in [7, 11) is 1.37. The van der Waals surface area contributed by atoms with Crippen LogP contribution in [-0.4, -0.2) is 24.3 Å². The number of ether oxygens (including phenoxy) is 1. The number of carbonyl (C=O) groups excluding carboxylic acids is 1. The van der Waals surface area contributed by atoms with E-state index < -0.39 is 6.10 Å². The largest absolute Gasteiger partial charge is 0.469 e. The van der Waals surface area contributed by atoms with Crippen molar-refractivity contribution in [1.82, 2.24) is 0 Å². The highest BCUT2D eigenvalue weighted by atomic mass is 16.5. The fraction of sp³-hybridized carbons (Fsp3) is 0.667. The molecule has 0 fully saturated rings. The van der Waals surface area contributed by atoms with Gasteiger partial charge in [0.2, 0.25) is 0 Å². The molecule has 68 valence electrons. The normalized spacial score (nSPS) is 29.4. The molecule has 3 nitrogen and oxygen atoms in total. The molecule has 2 atom stereocenters. The molecule has 0 heterocycles. The molecule has 12 heavy (non-hydrogen) atoms. The fourth-order valence-electron chi connectivity index (χ4n) is 1.37. The smallest absolute Gasteiger partial charge is 0.309 e. The fourth-order valence-corrected chi connectivity index (χ4v) is 1.37. The Bertz CT molecular complexity index is 208. The molecule has 0 unspecified atom stereocenters. The van der Waals surface area contributed by atoms with Gasteiger partial charge in [0.25, 0.3) is 0 Å². The Kier molecular flexibility index (Phi) is 2.87. The number of rotatable bonds is 1. The van der Waals surface area contributed by atoms with Crippen molar-refractivity contribution in [3.05, 3.63) is 11.6 Å². The van der Waals surface area contributed by atoms with Gasteiger partial charge in [0.1, 0.15) is 0 Å². The number of methoxy groups -OCH3 is 1. The minimum atomic E-state index is -0.470. The topological polar surface area (TPSA) is 46.5 Å². The lowest BCUT2D eigenvalue weighted by molar-refractivity contribution is -0.146. The van der Waals surface area contributed by atoms with E-state index in [2.05, 4.69) is 4.74 Å². The van der Waals surface area contributed by atoms with Crippen molar-refractivity contribution in [2.24, 2.45) is 5.92 Å². The molecular formula is C9H14O3. The Labute approximate surface area is 72.0 Å². The molecule has 0 aromatic heterocycles. The number of esters is 1. The predicted molar refractivity (Wildman–Crippen MR) is 44.5 cm³/mol. The molecule has 0 spiro atoms. The third-order valence-electron chi connectivity index (χ3n) is 2.29. The second-order valence-corrected chi connectivity index (χ2v) is 3.16. The molecule has 1 rings (SSSR count). The summed E-state index contributed by atoms with van der Waals surface area (Å²) >= 11 is 0. The van der Waals surface area contributed by atoms with Crippen molar-refractivity contribution in [3.63, 3.8) is 0 Å². The van der Waals surface area contributed by atoms with Crippen LogP contribution in [0.3, 0.4) is 0 Å². The highest BCUT2D eigenvalue weighted by Crippen LogP contribution is 2.24. The average molecular weight is 170 g/mol. The zero-order chi connectivity index (χ0) is 9.14. The first-order chi connectivity index (χ1) is 5.65. The summed E-state index contributed by atoms with van der Waals surface area (Å²) in [5.74, 6) is -0.383. The Morgan fingerprint density at radius 2 is 2.42 bits per heavy atom. The molecule has 0 aromatic carbocycles. The van der Waals surface area contributed by atoms with Crippen molar-refractivity contribution >= 4 is 5.97 Å². The van der Waals surface area contributed by atoms with Crippen LogP contribution in [0.5, 0.6) is 0 Å². The van der Waals surface area contributed by atoms with Crippen LogP contribution in [0.15, 0.2) is 11.6 Å². The van der Waals surface area contributed by atoms with Crippen molar-refractivity contribution in [2.75, 3.05) is 7.11 Å². The van der Waals surface area contributed by atoms with Crippen molar-refractivity contribution in [3.8, 4) is 0 Å². The summed E-state index contributed by atoms with van der Waals surface area (Å²) in [6.07, 6.45) is 2.61. The van der Waals surface area contributed by atoms with Gasteiger partial charge in [0.05, 0.1) is 19.1 Å². The van der Waals surface area contributed by atoms with Gasteiger partial charge in [-0.05, 0) is 25.3 Å². The molecule has 0 saturated heterocycles. The van der Waals surface area contributed by atoms with Crippen LogP contribution in [0.25, 0.3) is 0 Å². The Morgan fingerprint density at radius 3 is 2.92 bits per heavy atom. The summed E-state index contributed by atoms with van der Waals surface area (Å²) in [5.41, 5.74) is 0.954.